The van der Waals surface area contributed by atoms with Crippen molar-refractivity contribution in [2.45, 2.75) is 31.3 Å². The third-order valence-corrected chi connectivity index (χ3v) is 4.30. The molecule has 2 heterocycles. The van der Waals surface area contributed by atoms with E-state index in [2.05, 4.69) is 0 Å². The van der Waals surface area contributed by atoms with Crippen LogP contribution in [0.3, 0.4) is 0 Å². The van der Waals surface area contributed by atoms with Gasteiger partial charge in [-0.2, -0.15) is 0 Å². The van der Waals surface area contributed by atoms with Crippen molar-refractivity contribution in [2.24, 2.45) is 5.92 Å². The number of carbonyl (C=O) groups is 2. The van der Waals surface area contributed by atoms with E-state index in [0.29, 0.717) is 39.1 Å². The van der Waals surface area contributed by atoms with Crippen LogP contribution in [0, 0.1) is 5.92 Å². The number of nitrogens with zero attached hydrogens (tertiary/aromatic N) is 2. The molecule has 21 heavy (non-hydrogen) atoms. The van der Waals surface area contributed by atoms with Gasteiger partial charge < -0.3 is 24.7 Å². The molecule has 0 radical (unpaired) electrons. The van der Waals surface area contributed by atoms with Gasteiger partial charge in [0.2, 0.25) is 0 Å². The predicted octanol–water partition coefficient (Wildman–Crippen LogP) is 0.376. The number of rotatable bonds is 4. The zero-order valence-corrected chi connectivity index (χ0v) is 12.5. The largest absolute Gasteiger partial charge is 0.481 e. The second kappa shape index (κ2) is 6.62. The van der Waals surface area contributed by atoms with Crippen LogP contribution in [0.5, 0.6) is 0 Å². The molecule has 7 heteroatoms. The highest BCUT2D eigenvalue weighted by Gasteiger charge is 2.35. The van der Waals surface area contributed by atoms with E-state index in [1.165, 1.54) is 4.90 Å². The SMILES string of the molecule is CN(CC1(O)CCOCC1)C(=O)N1CCC(CC(=O)O)C1. The summed E-state index contributed by atoms with van der Waals surface area (Å²) in [7, 11) is 1.68. The lowest BCUT2D eigenvalue weighted by Crippen LogP contribution is -2.50. The van der Waals surface area contributed by atoms with Gasteiger partial charge in [0.15, 0.2) is 0 Å². The number of likely N-dealkylation sites (tertiary alicyclic amines) is 1. The summed E-state index contributed by atoms with van der Waals surface area (Å²) in [5.74, 6) is -0.787. The molecule has 2 aliphatic rings. The predicted molar refractivity (Wildman–Crippen MR) is 75.0 cm³/mol. The molecule has 2 amide bonds. The molecular weight excluding hydrogens is 276 g/mol. The summed E-state index contributed by atoms with van der Waals surface area (Å²) in [6.45, 7) is 2.39. The van der Waals surface area contributed by atoms with Crippen molar-refractivity contribution in [3.63, 3.8) is 0 Å². The van der Waals surface area contributed by atoms with Crippen LogP contribution in [0.4, 0.5) is 4.79 Å². The molecule has 120 valence electrons. The number of carboxylic acids is 1. The number of likely N-dealkylation sites (N-methyl/N-ethyl adjacent to an activating group) is 1. The number of aliphatic hydroxyl groups is 1. The fourth-order valence-corrected chi connectivity index (χ4v) is 3.08. The molecule has 0 bridgehead atoms. The van der Waals surface area contributed by atoms with Gasteiger partial charge in [-0.05, 0) is 12.3 Å². The van der Waals surface area contributed by atoms with Crippen molar-refractivity contribution in [2.75, 3.05) is 39.9 Å². The monoisotopic (exact) mass is 300 g/mol. The van der Waals surface area contributed by atoms with Gasteiger partial charge in [-0.3, -0.25) is 4.79 Å². The number of carboxylic acid groups (broad SMARTS) is 1. The molecule has 0 aromatic carbocycles. The minimum atomic E-state index is -0.872. The molecule has 2 N–H and O–H groups in total. The van der Waals surface area contributed by atoms with Crippen molar-refractivity contribution in [3.8, 4) is 0 Å². The van der Waals surface area contributed by atoms with E-state index >= 15 is 0 Å². The van der Waals surface area contributed by atoms with Crippen LogP contribution in [0.15, 0.2) is 0 Å². The zero-order valence-electron chi connectivity index (χ0n) is 12.5. The maximum atomic E-state index is 12.4. The van der Waals surface area contributed by atoms with Gasteiger partial charge in [0.25, 0.3) is 0 Å². The Bertz CT molecular complexity index is 395. The number of urea groups is 1. The van der Waals surface area contributed by atoms with Gasteiger partial charge in [-0.25, -0.2) is 4.79 Å². The minimum Gasteiger partial charge on any atom is -0.481 e. The Morgan fingerprint density at radius 2 is 2.05 bits per heavy atom. The first-order valence-electron chi connectivity index (χ1n) is 7.41. The summed E-state index contributed by atoms with van der Waals surface area (Å²) in [5.41, 5.74) is -0.872. The number of hydrogen-bond acceptors (Lipinski definition) is 4. The Morgan fingerprint density at radius 3 is 2.67 bits per heavy atom. The fraction of sp³-hybridized carbons (Fsp3) is 0.857. The molecule has 0 aromatic heterocycles. The highest BCUT2D eigenvalue weighted by molar-refractivity contribution is 5.75. The second-order valence-corrected chi connectivity index (χ2v) is 6.17. The van der Waals surface area contributed by atoms with Gasteiger partial charge in [0.05, 0.1) is 12.1 Å². The Balaban J connectivity index is 1.84. The summed E-state index contributed by atoms with van der Waals surface area (Å²) in [6, 6.07) is -0.136. The molecule has 1 unspecified atom stereocenters. The van der Waals surface area contributed by atoms with Crippen molar-refractivity contribution >= 4 is 12.0 Å². The molecule has 0 saturated carbocycles. The van der Waals surface area contributed by atoms with Crippen LogP contribution >= 0.6 is 0 Å². The fourth-order valence-electron chi connectivity index (χ4n) is 3.08. The van der Waals surface area contributed by atoms with Crippen LogP contribution in [0.2, 0.25) is 0 Å². The molecule has 2 aliphatic heterocycles. The summed E-state index contributed by atoms with van der Waals surface area (Å²) >= 11 is 0. The maximum absolute atomic E-state index is 12.4. The zero-order chi connectivity index (χ0) is 15.5. The minimum absolute atomic E-state index is 0.0333. The molecule has 2 fully saturated rings. The van der Waals surface area contributed by atoms with Crippen LogP contribution in [-0.2, 0) is 9.53 Å². The average molecular weight is 300 g/mol. The smallest absolute Gasteiger partial charge is 0.319 e. The van der Waals surface area contributed by atoms with E-state index < -0.39 is 11.6 Å². The number of hydrogen-bond donors (Lipinski definition) is 2. The average Bonchev–Trinajstić information content (AvgIpc) is 2.85. The van der Waals surface area contributed by atoms with Crippen molar-refractivity contribution < 1.29 is 24.5 Å². The van der Waals surface area contributed by atoms with E-state index in [-0.39, 0.29) is 24.9 Å². The van der Waals surface area contributed by atoms with Crippen LogP contribution < -0.4 is 0 Å². The molecule has 7 nitrogen and oxygen atoms in total. The van der Waals surface area contributed by atoms with Crippen LogP contribution in [-0.4, -0.2) is 77.5 Å². The van der Waals surface area contributed by atoms with E-state index in [4.69, 9.17) is 9.84 Å². The topological polar surface area (TPSA) is 90.3 Å². The Morgan fingerprint density at radius 1 is 1.38 bits per heavy atom. The van der Waals surface area contributed by atoms with Gasteiger partial charge in [-0.1, -0.05) is 0 Å². The van der Waals surface area contributed by atoms with Gasteiger partial charge in [-0.15, -0.1) is 0 Å². The summed E-state index contributed by atoms with van der Waals surface area (Å²) in [5, 5.41) is 19.2. The summed E-state index contributed by atoms with van der Waals surface area (Å²) < 4.78 is 5.23. The van der Waals surface area contributed by atoms with Crippen molar-refractivity contribution in [3.05, 3.63) is 0 Å². The quantitative estimate of drug-likeness (QED) is 0.783. The van der Waals surface area contributed by atoms with Gasteiger partial charge in [0, 0.05) is 52.6 Å². The number of carbonyl (C=O) groups excluding carboxylic acids is 1. The number of amides is 2. The molecule has 0 aromatic rings. The highest BCUT2D eigenvalue weighted by Crippen LogP contribution is 2.24. The Labute approximate surface area is 124 Å². The molecule has 0 spiro atoms. The lowest BCUT2D eigenvalue weighted by Gasteiger charge is -2.36. The van der Waals surface area contributed by atoms with E-state index in [1.54, 1.807) is 11.9 Å². The van der Waals surface area contributed by atoms with Crippen LogP contribution in [0.1, 0.15) is 25.7 Å². The molecular formula is C14H24N2O5. The lowest BCUT2D eigenvalue weighted by atomic mass is 9.94. The number of aliphatic carboxylic acids is 1. The molecule has 2 saturated heterocycles. The Kier molecular flexibility index (Phi) is 5.05. The van der Waals surface area contributed by atoms with Crippen molar-refractivity contribution in [1.82, 2.24) is 9.80 Å². The van der Waals surface area contributed by atoms with E-state index in [1.807, 2.05) is 0 Å². The first-order valence-corrected chi connectivity index (χ1v) is 7.41. The molecule has 1 atom stereocenters. The van der Waals surface area contributed by atoms with Crippen molar-refractivity contribution in [1.29, 1.82) is 0 Å². The van der Waals surface area contributed by atoms with Crippen LogP contribution in [0.25, 0.3) is 0 Å². The second-order valence-electron chi connectivity index (χ2n) is 6.17. The van der Waals surface area contributed by atoms with Gasteiger partial charge in [0.1, 0.15) is 0 Å². The molecule has 0 aliphatic carbocycles. The summed E-state index contributed by atoms with van der Waals surface area (Å²) in [4.78, 5) is 26.3. The van der Waals surface area contributed by atoms with E-state index in [0.717, 1.165) is 6.42 Å². The normalized spacial score (nSPS) is 24.9. The highest BCUT2D eigenvalue weighted by atomic mass is 16.5. The summed E-state index contributed by atoms with van der Waals surface area (Å²) in [6.07, 6.45) is 1.90. The van der Waals surface area contributed by atoms with E-state index in [9.17, 15) is 14.7 Å². The number of ether oxygens (including phenoxy) is 1. The van der Waals surface area contributed by atoms with Gasteiger partial charge >= 0.3 is 12.0 Å². The first-order chi connectivity index (χ1) is 9.89. The standard InChI is InChI=1S/C14H24N2O5/c1-15(10-14(20)3-6-21-7-4-14)13(19)16-5-2-11(9-16)8-12(17)18/h11,20H,2-10H2,1H3,(H,17,18). The lowest BCUT2D eigenvalue weighted by molar-refractivity contribution is -0.138. The third kappa shape index (κ3) is 4.31. The molecule has 2 rings (SSSR count). The third-order valence-electron chi connectivity index (χ3n) is 4.30. The maximum Gasteiger partial charge on any atom is 0.319 e. The Hall–Kier alpha value is -1.34. The first kappa shape index (κ1) is 16.0.